The Morgan fingerprint density at radius 3 is 1.84 bits per heavy atom. The molecule has 0 radical (unpaired) electrons. The number of ether oxygens (including phenoxy) is 2. The van der Waals surface area contributed by atoms with Crippen molar-refractivity contribution in [2.24, 2.45) is 10.9 Å². The first-order valence-electron chi connectivity index (χ1n) is 11.2. The summed E-state index contributed by atoms with van der Waals surface area (Å²) in [7, 11) is 0. The quantitative estimate of drug-likeness (QED) is 0.179. The summed E-state index contributed by atoms with van der Waals surface area (Å²) in [5.74, 6) is 6.87. The molecule has 1 amide bonds. The van der Waals surface area contributed by atoms with Gasteiger partial charge in [0.1, 0.15) is 11.5 Å². The van der Waals surface area contributed by atoms with Crippen LogP contribution < -0.4 is 15.3 Å². The largest absolute Gasteiger partial charge is 0.494 e. The lowest BCUT2D eigenvalue weighted by atomic mass is 10.2. The minimum atomic E-state index is 0. The predicted octanol–water partition coefficient (Wildman–Crippen LogP) is 5.29. The van der Waals surface area contributed by atoms with Crippen molar-refractivity contribution < 1.29 is 14.3 Å². The summed E-state index contributed by atoms with van der Waals surface area (Å²) in [6.07, 6.45) is 6.48. The third-order valence-electron chi connectivity index (χ3n) is 4.81. The SMILES string of the molecule is CCCN(CCC)C(=O)c1ccc(OCCCCCOc2ccc(C=NN)cc2)cc1.Cl. The number of benzene rings is 2. The van der Waals surface area contributed by atoms with Crippen LogP contribution >= 0.6 is 12.4 Å². The first-order chi connectivity index (χ1) is 15.2. The highest BCUT2D eigenvalue weighted by Gasteiger charge is 2.14. The van der Waals surface area contributed by atoms with E-state index in [9.17, 15) is 4.79 Å². The minimum absolute atomic E-state index is 0. The van der Waals surface area contributed by atoms with Crippen LogP contribution in [0.5, 0.6) is 11.5 Å². The van der Waals surface area contributed by atoms with Crippen molar-refractivity contribution in [3.63, 3.8) is 0 Å². The molecule has 2 N–H and O–H groups in total. The van der Waals surface area contributed by atoms with Crippen molar-refractivity contribution in [2.45, 2.75) is 46.0 Å². The second-order valence-electron chi connectivity index (χ2n) is 7.42. The third kappa shape index (κ3) is 9.60. The van der Waals surface area contributed by atoms with E-state index in [0.29, 0.717) is 13.2 Å². The van der Waals surface area contributed by atoms with Gasteiger partial charge in [-0.05, 0) is 86.2 Å². The van der Waals surface area contributed by atoms with E-state index in [4.69, 9.17) is 15.3 Å². The summed E-state index contributed by atoms with van der Waals surface area (Å²) in [4.78, 5) is 14.5. The van der Waals surface area contributed by atoms with E-state index >= 15 is 0 Å². The van der Waals surface area contributed by atoms with Gasteiger partial charge in [-0.25, -0.2) is 0 Å². The van der Waals surface area contributed by atoms with E-state index in [1.165, 1.54) is 0 Å². The molecule has 32 heavy (non-hydrogen) atoms. The number of carbonyl (C=O) groups is 1. The lowest BCUT2D eigenvalue weighted by Gasteiger charge is -2.21. The van der Waals surface area contributed by atoms with Gasteiger partial charge in [-0.1, -0.05) is 13.8 Å². The molecule has 176 valence electrons. The molecule has 0 aliphatic heterocycles. The number of rotatable bonds is 14. The van der Waals surface area contributed by atoms with Crippen molar-refractivity contribution in [3.8, 4) is 11.5 Å². The number of hydrogen-bond acceptors (Lipinski definition) is 5. The van der Waals surface area contributed by atoms with Crippen LogP contribution in [0.2, 0.25) is 0 Å². The molecule has 0 atom stereocenters. The summed E-state index contributed by atoms with van der Waals surface area (Å²) >= 11 is 0. The molecule has 0 saturated heterocycles. The number of carbonyl (C=O) groups excluding carboxylic acids is 1. The second-order valence-corrected chi connectivity index (χ2v) is 7.42. The average molecular weight is 462 g/mol. The molecule has 0 unspecified atom stereocenters. The van der Waals surface area contributed by atoms with Crippen LogP contribution in [0.1, 0.15) is 61.9 Å². The first-order valence-corrected chi connectivity index (χ1v) is 11.2. The van der Waals surface area contributed by atoms with Crippen molar-refractivity contribution in [1.29, 1.82) is 0 Å². The standard InChI is InChI=1S/C25H35N3O3.ClH/c1-3-16-28(17-4-2)25(29)22-10-14-24(15-11-22)31-19-7-5-6-18-30-23-12-8-21(9-13-23)20-27-26;/h8-15,20H,3-7,16-19,26H2,1-2H3;1H. The lowest BCUT2D eigenvalue weighted by Crippen LogP contribution is -2.32. The predicted molar refractivity (Wildman–Crippen MR) is 133 cm³/mol. The number of nitrogens with two attached hydrogens (primary N) is 1. The zero-order valence-electron chi connectivity index (χ0n) is 19.2. The van der Waals surface area contributed by atoms with Crippen molar-refractivity contribution in [3.05, 3.63) is 59.7 Å². The normalized spacial score (nSPS) is 10.6. The number of hydrogen-bond donors (Lipinski definition) is 1. The van der Waals surface area contributed by atoms with Gasteiger partial charge in [0.25, 0.3) is 5.91 Å². The number of amides is 1. The van der Waals surface area contributed by atoms with Gasteiger partial charge in [-0.15, -0.1) is 12.4 Å². The van der Waals surface area contributed by atoms with Crippen molar-refractivity contribution in [1.82, 2.24) is 4.90 Å². The van der Waals surface area contributed by atoms with E-state index in [1.807, 2.05) is 53.4 Å². The number of halogens is 1. The zero-order chi connectivity index (χ0) is 22.3. The molecule has 7 heteroatoms. The maximum absolute atomic E-state index is 12.6. The molecule has 0 saturated carbocycles. The van der Waals surface area contributed by atoms with Crippen LogP contribution in [-0.2, 0) is 0 Å². The molecule has 2 aromatic carbocycles. The molecule has 6 nitrogen and oxygen atoms in total. The molecule has 0 heterocycles. The molecule has 2 rings (SSSR count). The van der Waals surface area contributed by atoms with Crippen LogP contribution in [-0.4, -0.2) is 43.3 Å². The summed E-state index contributed by atoms with van der Waals surface area (Å²) < 4.78 is 11.5. The van der Waals surface area contributed by atoms with Gasteiger partial charge >= 0.3 is 0 Å². The fraction of sp³-hybridized carbons (Fsp3) is 0.440. The first kappa shape index (κ1) is 27.3. The van der Waals surface area contributed by atoms with Gasteiger partial charge in [0.05, 0.1) is 19.4 Å². The highest BCUT2D eigenvalue weighted by molar-refractivity contribution is 5.94. The van der Waals surface area contributed by atoms with Gasteiger partial charge in [-0.3, -0.25) is 4.79 Å². The van der Waals surface area contributed by atoms with Crippen LogP contribution in [0.3, 0.4) is 0 Å². The van der Waals surface area contributed by atoms with Crippen molar-refractivity contribution >= 4 is 24.5 Å². The van der Waals surface area contributed by atoms with E-state index in [0.717, 1.165) is 67.8 Å². The van der Waals surface area contributed by atoms with Gasteiger partial charge in [0, 0.05) is 18.7 Å². The Kier molecular flexibility index (Phi) is 13.6. The lowest BCUT2D eigenvalue weighted by molar-refractivity contribution is 0.0755. The van der Waals surface area contributed by atoms with Gasteiger partial charge in [-0.2, -0.15) is 5.10 Å². The van der Waals surface area contributed by atoms with Crippen LogP contribution in [0.15, 0.2) is 53.6 Å². The van der Waals surface area contributed by atoms with Gasteiger partial charge in [0.2, 0.25) is 0 Å². The van der Waals surface area contributed by atoms with Crippen LogP contribution in [0.25, 0.3) is 0 Å². The van der Waals surface area contributed by atoms with Crippen molar-refractivity contribution in [2.75, 3.05) is 26.3 Å². The van der Waals surface area contributed by atoms with Gasteiger partial charge < -0.3 is 20.2 Å². The number of nitrogens with zero attached hydrogens (tertiary/aromatic N) is 2. The Bertz CT molecular complexity index is 789. The Labute approximate surface area is 198 Å². The fourth-order valence-electron chi connectivity index (χ4n) is 3.23. The maximum atomic E-state index is 12.6. The average Bonchev–Trinajstić information content (AvgIpc) is 2.79. The molecule has 0 aliphatic rings. The monoisotopic (exact) mass is 461 g/mol. The van der Waals surface area contributed by atoms with Crippen LogP contribution in [0, 0.1) is 0 Å². The molecule has 0 bridgehead atoms. The Balaban J connectivity index is 0.00000512. The summed E-state index contributed by atoms with van der Waals surface area (Å²) in [6.45, 7) is 7.10. The molecule has 0 fully saturated rings. The molecular weight excluding hydrogens is 426 g/mol. The molecule has 0 aromatic heterocycles. The van der Waals surface area contributed by atoms with Gasteiger partial charge in [0.15, 0.2) is 0 Å². The van der Waals surface area contributed by atoms with Crippen LogP contribution in [0.4, 0.5) is 0 Å². The third-order valence-corrected chi connectivity index (χ3v) is 4.81. The smallest absolute Gasteiger partial charge is 0.253 e. The summed E-state index contributed by atoms with van der Waals surface area (Å²) in [5.41, 5.74) is 1.67. The van der Waals surface area contributed by atoms with E-state index in [1.54, 1.807) is 6.21 Å². The Morgan fingerprint density at radius 2 is 1.38 bits per heavy atom. The molecule has 0 spiro atoms. The number of unbranched alkanes of at least 4 members (excludes halogenated alkanes) is 2. The van der Waals surface area contributed by atoms with E-state index in [2.05, 4.69) is 18.9 Å². The Hall–Kier alpha value is -2.73. The topological polar surface area (TPSA) is 77.2 Å². The second kappa shape index (κ2) is 16.0. The summed E-state index contributed by atoms with van der Waals surface area (Å²) in [5, 5.41) is 3.50. The summed E-state index contributed by atoms with van der Waals surface area (Å²) in [6, 6.07) is 15.1. The molecule has 0 aliphatic carbocycles. The Morgan fingerprint density at radius 1 is 0.875 bits per heavy atom. The maximum Gasteiger partial charge on any atom is 0.253 e. The van der Waals surface area contributed by atoms with E-state index in [-0.39, 0.29) is 18.3 Å². The highest BCUT2D eigenvalue weighted by Crippen LogP contribution is 2.15. The zero-order valence-corrected chi connectivity index (χ0v) is 20.0. The fourth-order valence-corrected chi connectivity index (χ4v) is 3.23. The molecule has 2 aromatic rings. The van der Waals surface area contributed by atoms with E-state index < -0.39 is 0 Å². The molecular formula is C25H36ClN3O3. The highest BCUT2D eigenvalue weighted by atomic mass is 35.5. The minimum Gasteiger partial charge on any atom is -0.494 e. The number of hydrazone groups is 1.